The van der Waals surface area contributed by atoms with Crippen molar-refractivity contribution in [2.45, 2.75) is 105 Å². The van der Waals surface area contributed by atoms with Gasteiger partial charge in [0, 0.05) is 83.2 Å². The number of nitrogen functional groups attached to an aromatic ring is 1. The topological polar surface area (TPSA) is 199 Å². The van der Waals surface area contributed by atoms with Crippen molar-refractivity contribution in [2.24, 2.45) is 0 Å². The molecule has 8 N–H and O–H groups in total. The van der Waals surface area contributed by atoms with E-state index in [-0.39, 0.29) is 73.7 Å². The van der Waals surface area contributed by atoms with Gasteiger partial charge in [0.15, 0.2) is 0 Å². The molecule has 0 unspecified atom stereocenters. The van der Waals surface area contributed by atoms with Crippen LogP contribution < -0.4 is 35.2 Å². The number of hydrogen-bond donors (Lipinski definition) is 7. The van der Waals surface area contributed by atoms with Gasteiger partial charge in [0.25, 0.3) is 5.91 Å². The van der Waals surface area contributed by atoms with Crippen molar-refractivity contribution in [3.8, 4) is 11.5 Å². The molecule has 0 spiro atoms. The summed E-state index contributed by atoms with van der Waals surface area (Å²) < 4.78 is 0. The van der Waals surface area contributed by atoms with Gasteiger partial charge in [-0.25, -0.2) is 4.79 Å². The third-order valence-electron chi connectivity index (χ3n) is 9.87. The van der Waals surface area contributed by atoms with E-state index in [1.165, 1.54) is 12.4 Å². The van der Waals surface area contributed by atoms with Crippen LogP contribution in [0.15, 0.2) is 94.8 Å². The van der Waals surface area contributed by atoms with Crippen LogP contribution in [0, 0.1) is 0 Å². The molecular weight excluding hydrogens is 1510 g/mol. The first-order valence-corrected chi connectivity index (χ1v) is 38.7. The number of fused-ring (bicyclic) bond motifs is 2. The molecule has 0 aliphatic heterocycles. The molecule has 356 valence electrons. The quantitative estimate of drug-likeness (QED) is 0.0516. The molecule has 1 amide bonds. The summed E-state index contributed by atoms with van der Waals surface area (Å²) in [6.45, 7) is 24.9. The minimum atomic E-state index is -1.21. The predicted octanol–water partition coefficient (Wildman–Crippen LogP) is 11.0. The first kappa shape index (κ1) is 61.0. The largest absolute Gasteiger partial charge is 0.477 e. The SMILES string of the molecule is CC(C)(C)c1cc(C(C)(C)C)c(O)cc1N.CC(C)(C)c1cc(O)c(NC(=O)c2c[nH]c3ccccc3c2=O)c(C(C)(C)C)c1.I.II.I[I-]I.O=C(O)c1c[nH]c2ccccc2c1=O. The second-order valence-corrected chi connectivity index (χ2v) is 35.1. The second kappa shape index (κ2) is 26.1. The minimum Gasteiger partial charge on any atom is -0.477 e. The van der Waals surface area contributed by atoms with Crippen LogP contribution in [0.3, 0.4) is 0 Å². The average molecular weight is 1570 g/mol. The van der Waals surface area contributed by atoms with E-state index in [9.17, 15) is 29.4 Å². The summed E-state index contributed by atoms with van der Waals surface area (Å²) in [5, 5.41) is 33.0. The number of aromatic amines is 2. The van der Waals surface area contributed by atoms with Crippen LogP contribution >= 0.6 is 98.4 Å². The fraction of sp³-hybridized carbons (Fsp3) is 0.333. The summed E-state index contributed by atoms with van der Waals surface area (Å²) in [6, 6.07) is 21.2. The average Bonchev–Trinajstić information content (AvgIpc) is 3.18. The van der Waals surface area contributed by atoms with Crippen LogP contribution in [0.4, 0.5) is 11.4 Å². The summed E-state index contributed by atoms with van der Waals surface area (Å²) in [7, 11) is 0. The number of rotatable bonds is 3. The molecule has 17 heteroatoms. The molecule has 0 atom stereocenters. The van der Waals surface area contributed by atoms with E-state index < -0.39 is 17.3 Å². The standard InChI is InChI=1S/C24H28N2O3.C14H23NO.C10H7NO3.I3.I2.HI/c1-23(2,3)14-11-17(24(4,5)6)20(19(27)12-14)26-22(29)16-13-25-18-10-8-7-9-15(18)21(16)28;1-13(2,3)9-7-10(14(4,5)6)12(16)8-11(9)15;12-9-6-3-1-2-4-8(6)11-5-7(9)10(13)14;1-3-2;1-2;/h7-13,27H,1-6H3,(H,25,28)(H,26,29);7-8,16H,15H2,1-6H3;1-5H,(H,11,12)(H,13,14);;;1H/q;;;-1;;. The Morgan fingerprint density at radius 2 is 1.03 bits per heavy atom. The maximum absolute atomic E-state index is 12.9. The van der Waals surface area contributed by atoms with Crippen molar-refractivity contribution in [1.29, 1.82) is 0 Å². The summed E-state index contributed by atoms with van der Waals surface area (Å²) in [6.07, 6.45) is 2.63. The molecule has 6 rings (SSSR count). The predicted molar refractivity (Wildman–Crippen MR) is 311 cm³/mol. The Bertz CT molecular complexity index is 2660. The molecule has 6 aromatic rings. The number of benzene rings is 4. The third kappa shape index (κ3) is 17.2. The maximum Gasteiger partial charge on any atom is 0.341 e. The van der Waals surface area contributed by atoms with Crippen molar-refractivity contribution >= 4 is 143 Å². The summed E-state index contributed by atoms with van der Waals surface area (Å²) >= 11 is 9.54. The minimum absolute atomic E-state index is 0. The van der Waals surface area contributed by atoms with E-state index in [2.05, 4.69) is 152 Å². The molecule has 2 heterocycles. The number of amides is 1. The van der Waals surface area contributed by atoms with Crippen LogP contribution in [0.1, 0.15) is 126 Å². The van der Waals surface area contributed by atoms with Gasteiger partial charge in [-0.05, 0) is 80.3 Å². The number of carbonyl (C=O) groups is 2. The number of para-hydroxylation sites is 2. The number of phenols is 2. The molecule has 0 radical (unpaired) electrons. The molecule has 0 aliphatic rings. The number of aromatic hydroxyl groups is 2. The number of hydrogen-bond acceptors (Lipinski definition) is 7. The number of pyridine rings is 2. The number of H-pyrrole nitrogens is 2. The van der Waals surface area contributed by atoms with E-state index in [0.29, 0.717) is 46.4 Å². The van der Waals surface area contributed by atoms with E-state index in [1.54, 1.807) is 54.6 Å². The molecule has 0 saturated carbocycles. The maximum atomic E-state index is 12.9. The van der Waals surface area contributed by atoms with Gasteiger partial charge in [0.1, 0.15) is 22.6 Å². The Morgan fingerprint density at radius 3 is 1.45 bits per heavy atom. The summed E-state index contributed by atoms with van der Waals surface area (Å²) in [5.74, 6) is -1.48. The molecule has 0 saturated heterocycles. The fourth-order valence-electron chi connectivity index (χ4n) is 6.48. The molecule has 11 nitrogen and oxygen atoms in total. The van der Waals surface area contributed by atoms with Crippen LogP contribution in [0.5, 0.6) is 11.5 Å². The Balaban J connectivity index is 0.000000497. The van der Waals surface area contributed by atoms with Gasteiger partial charge in [-0.1, -0.05) is 113 Å². The van der Waals surface area contributed by atoms with Gasteiger partial charge in [0.2, 0.25) is 10.9 Å². The van der Waals surface area contributed by atoms with Crippen LogP contribution in [0.2, 0.25) is 0 Å². The van der Waals surface area contributed by atoms with E-state index in [1.807, 2.05) is 39.0 Å². The van der Waals surface area contributed by atoms with E-state index >= 15 is 0 Å². The van der Waals surface area contributed by atoms with Gasteiger partial charge in [-0.3, -0.25) is 14.4 Å². The number of carboxylic acid groups (broad SMARTS) is 1. The number of nitrogens with one attached hydrogen (secondary N) is 3. The normalized spacial score (nSPS) is 11.3. The number of carboxylic acids is 1. The van der Waals surface area contributed by atoms with Crippen LogP contribution in [0.25, 0.3) is 21.8 Å². The van der Waals surface area contributed by atoms with Crippen molar-refractivity contribution in [1.82, 2.24) is 9.97 Å². The second-order valence-electron chi connectivity index (χ2n) is 18.8. The number of phenolic OH excluding ortho intramolecular Hbond substituents is 2. The van der Waals surface area contributed by atoms with Crippen molar-refractivity contribution in [2.75, 3.05) is 11.1 Å². The number of aromatic carboxylic acids is 1. The van der Waals surface area contributed by atoms with Gasteiger partial charge < -0.3 is 36.3 Å². The first-order valence-electron chi connectivity index (χ1n) is 19.8. The molecule has 0 fully saturated rings. The Kier molecular flexibility index (Phi) is 24.5. The van der Waals surface area contributed by atoms with Crippen LogP contribution in [-0.2, 0) is 21.7 Å². The number of aromatic nitrogens is 2. The number of anilines is 2. The number of carbonyl (C=O) groups excluding carboxylic acids is 1. The molecule has 2 aromatic heterocycles. The van der Waals surface area contributed by atoms with Crippen molar-refractivity contribution in [3.63, 3.8) is 0 Å². The van der Waals surface area contributed by atoms with Crippen molar-refractivity contribution < 1.29 is 38.2 Å². The third-order valence-corrected chi connectivity index (χ3v) is 9.87. The van der Waals surface area contributed by atoms with Crippen LogP contribution in [-0.4, -0.2) is 37.2 Å². The van der Waals surface area contributed by atoms with Gasteiger partial charge in [0.05, 0.1) is 5.69 Å². The zero-order chi connectivity index (χ0) is 49.1. The first-order chi connectivity index (χ1) is 29.5. The smallest absolute Gasteiger partial charge is 0.341 e. The summed E-state index contributed by atoms with van der Waals surface area (Å²) in [5.41, 5.74) is 10.5. The van der Waals surface area contributed by atoms with Crippen molar-refractivity contribution in [3.05, 3.63) is 139 Å². The Labute approximate surface area is 452 Å². The number of halogens is 6. The van der Waals surface area contributed by atoms with Gasteiger partial charge in [-0.2, -0.15) is 0 Å². The monoisotopic (exact) mass is 1560 g/mol. The number of nitrogens with two attached hydrogens (primary N) is 1. The van der Waals surface area contributed by atoms with E-state index in [4.69, 9.17) is 10.8 Å². The molecule has 0 bridgehead atoms. The molecule has 4 aromatic carbocycles. The zero-order valence-corrected chi connectivity index (χ0v) is 51.6. The summed E-state index contributed by atoms with van der Waals surface area (Å²) in [4.78, 5) is 53.7. The van der Waals surface area contributed by atoms with E-state index in [0.717, 1.165) is 22.3 Å². The molecular formula is C48H59I6N4O7-. The molecule has 65 heavy (non-hydrogen) atoms. The van der Waals surface area contributed by atoms with Gasteiger partial charge in [-0.15, -0.1) is 24.0 Å². The fourth-order valence-corrected chi connectivity index (χ4v) is 6.48. The Morgan fingerprint density at radius 1 is 0.615 bits per heavy atom. The van der Waals surface area contributed by atoms with Gasteiger partial charge >= 0.3 is 56.5 Å². The molecule has 0 aliphatic carbocycles. The zero-order valence-electron chi connectivity index (χ0n) is 38.4. The Hall–Kier alpha value is -1.98.